The Morgan fingerprint density at radius 2 is 1.86 bits per heavy atom. The van der Waals surface area contributed by atoms with Gasteiger partial charge in [0.15, 0.2) is 0 Å². The lowest BCUT2D eigenvalue weighted by Crippen LogP contribution is -2.42. The topological polar surface area (TPSA) is 76.5 Å². The number of aromatic nitrogens is 2. The number of ether oxygens (including phenoxy) is 1. The second-order valence-corrected chi connectivity index (χ2v) is 7.97. The first-order valence-corrected chi connectivity index (χ1v) is 10.8. The lowest BCUT2D eigenvalue weighted by molar-refractivity contribution is -0.135. The van der Waals surface area contributed by atoms with Gasteiger partial charge in [0.2, 0.25) is 11.8 Å². The number of hydrogen-bond donors (Lipinski definition) is 1. The fraction of sp³-hybridized carbons (Fsp3) is 0.591. The summed E-state index contributed by atoms with van der Waals surface area (Å²) in [7, 11) is 0. The zero-order chi connectivity index (χ0) is 20.1. The number of morpholine rings is 1. The van der Waals surface area contributed by atoms with Crippen molar-refractivity contribution in [2.75, 3.05) is 32.8 Å². The van der Waals surface area contributed by atoms with Gasteiger partial charge in [0.05, 0.1) is 24.2 Å². The zero-order valence-corrected chi connectivity index (χ0v) is 16.9. The van der Waals surface area contributed by atoms with Gasteiger partial charge in [-0.15, -0.1) is 0 Å². The van der Waals surface area contributed by atoms with E-state index >= 15 is 0 Å². The Kier molecular flexibility index (Phi) is 6.44. The van der Waals surface area contributed by atoms with Crippen LogP contribution in [-0.2, 0) is 27.3 Å². The third-order valence-electron chi connectivity index (χ3n) is 6.01. The van der Waals surface area contributed by atoms with Gasteiger partial charge < -0.3 is 19.5 Å². The molecule has 1 saturated heterocycles. The zero-order valence-electron chi connectivity index (χ0n) is 16.9. The van der Waals surface area contributed by atoms with E-state index in [0.29, 0.717) is 39.3 Å². The molecule has 1 aliphatic carbocycles. The monoisotopic (exact) mass is 398 g/mol. The average Bonchev–Trinajstić information content (AvgIpc) is 3.12. The molecule has 156 valence electrons. The van der Waals surface area contributed by atoms with Gasteiger partial charge >= 0.3 is 0 Å². The van der Waals surface area contributed by atoms with E-state index in [4.69, 9.17) is 9.72 Å². The Balaban J connectivity index is 1.43. The van der Waals surface area contributed by atoms with E-state index < -0.39 is 0 Å². The molecule has 4 rings (SSSR count). The highest BCUT2D eigenvalue weighted by atomic mass is 16.5. The smallest absolute Gasteiger partial charge is 0.242 e. The number of benzene rings is 1. The van der Waals surface area contributed by atoms with Crippen molar-refractivity contribution in [1.82, 2.24) is 19.8 Å². The van der Waals surface area contributed by atoms with Crippen LogP contribution >= 0.6 is 0 Å². The number of para-hydroxylation sites is 2. The van der Waals surface area contributed by atoms with Crippen LogP contribution in [0.15, 0.2) is 24.3 Å². The number of amides is 2. The van der Waals surface area contributed by atoms with Crippen molar-refractivity contribution >= 4 is 22.8 Å². The minimum absolute atomic E-state index is 0.0870. The largest absolute Gasteiger partial charge is 0.378 e. The Bertz CT molecular complexity index is 851. The molecule has 29 heavy (non-hydrogen) atoms. The van der Waals surface area contributed by atoms with Gasteiger partial charge in [-0.1, -0.05) is 31.4 Å². The highest BCUT2D eigenvalue weighted by Gasteiger charge is 2.22. The van der Waals surface area contributed by atoms with Crippen LogP contribution in [0.4, 0.5) is 0 Å². The summed E-state index contributed by atoms with van der Waals surface area (Å²) in [6.07, 6.45) is 6.15. The molecule has 2 fully saturated rings. The second kappa shape index (κ2) is 9.39. The maximum absolute atomic E-state index is 12.8. The van der Waals surface area contributed by atoms with Crippen LogP contribution in [0, 0.1) is 5.92 Å². The first-order valence-electron chi connectivity index (χ1n) is 10.8. The lowest BCUT2D eigenvalue weighted by Gasteiger charge is -2.27. The molecule has 1 aromatic heterocycles. The summed E-state index contributed by atoms with van der Waals surface area (Å²) < 4.78 is 7.35. The Hall–Kier alpha value is -2.41. The molecule has 2 heterocycles. The molecule has 7 heteroatoms. The number of nitrogens with zero attached hydrogens (tertiary/aromatic N) is 3. The van der Waals surface area contributed by atoms with Crippen molar-refractivity contribution in [2.24, 2.45) is 5.92 Å². The van der Waals surface area contributed by atoms with Crippen LogP contribution in [0.2, 0.25) is 0 Å². The fourth-order valence-corrected chi connectivity index (χ4v) is 4.35. The van der Waals surface area contributed by atoms with Crippen LogP contribution in [0.3, 0.4) is 0 Å². The minimum atomic E-state index is 0.0870. The predicted octanol–water partition coefficient (Wildman–Crippen LogP) is 2.13. The van der Waals surface area contributed by atoms with Crippen molar-refractivity contribution < 1.29 is 14.3 Å². The first-order chi connectivity index (χ1) is 14.2. The normalized spacial score (nSPS) is 18.1. The molecule has 1 saturated carbocycles. The molecule has 1 aromatic carbocycles. The predicted molar refractivity (Wildman–Crippen MR) is 110 cm³/mol. The second-order valence-electron chi connectivity index (χ2n) is 7.97. The Morgan fingerprint density at radius 1 is 1.10 bits per heavy atom. The molecule has 0 spiro atoms. The molecule has 0 atom stereocenters. The van der Waals surface area contributed by atoms with Crippen LogP contribution in [0.5, 0.6) is 0 Å². The van der Waals surface area contributed by atoms with Crippen LogP contribution < -0.4 is 5.32 Å². The molecule has 0 bridgehead atoms. The van der Waals surface area contributed by atoms with E-state index in [2.05, 4.69) is 5.32 Å². The summed E-state index contributed by atoms with van der Waals surface area (Å²) >= 11 is 0. The molecule has 0 radical (unpaired) electrons. The van der Waals surface area contributed by atoms with Crippen LogP contribution in [0.1, 0.15) is 37.9 Å². The third kappa shape index (κ3) is 4.78. The van der Waals surface area contributed by atoms with E-state index in [1.54, 1.807) is 0 Å². The summed E-state index contributed by atoms with van der Waals surface area (Å²) in [6.45, 7) is 3.28. The first kappa shape index (κ1) is 19.9. The molecular formula is C22H30N4O3. The summed E-state index contributed by atoms with van der Waals surface area (Å²) in [4.78, 5) is 31.8. The van der Waals surface area contributed by atoms with Gasteiger partial charge in [0, 0.05) is 32.0 Å². The standard InChI is InChI=1S/C22H30N4O3/c27-21(25-12-14-29-15-13-25)16-26-19-9-5-4-8-18(19)24-20(26)10-11-23-22(28)17-6-2-1-3-7-17/h4-5,8-9,17H,1-3,6-7,10-16H2,(H,23,28). The molecule has 1 aliphatic heterocycles. The Labute approximate surface area is 171 Å². The van der Waals surface area contributed by atoms with Crippen molar-refractivity contribution in [2.45, 2.75) is 45.1 Å². The number of carbonyl (C=O) groups excluding carboxylic acids is 2. The molecule has 2 aromatic rings. The average molecular weight is 399 g/mol. The molecular weight excluding hydrogens is 368 g/mol. The number of rotatable bonds is 6. The van der Waals surface area contributed by atoms with E-state index in [9.17, 15) is 9.59 Å². The number of carbonyl (C=O) groups is 2. The van der Waals surface area contributed by atoms with Crippen molar-refractivity contribution in [1.29, 1.82) is 0 Å². The number of fused-ring (bicyclic) bond motifs is 1. The molecule has 1 N–H and O–H groups in total. The summed E-state index contributed by atoms with van der Waals surface area (Å²) in [6, 6.07) is 7.89. The van der Waals surface area contributed by atoms with Gasteiger partial charge in [-0.25, -0.2) is 4.98 Å². The van der Waals surface area contributed by atoms with Crippen LogP contribution in [0.25, 0.3) is 11.0 Å². The highest BCUT2D eigenvalue weighted by Crippen LogP contribution is 2.23. The summed E-state index contributed by atoms with van der Waals surface area (Å²) in [5, 5.41) is 3.08. The third-order valence-corrected chi connectivity index (χ3v) is 6.01. The quantitative estimate of drug-likeness (QED) is 0.809. The van der Waals surface area contributed by atoms with E-state index in [1.807, 2.05) is 33.7 Å². The fourth-order valence-electron chi connectivity index (χ4n) is 4.35. The molecule has 2 amide bonds. The SMILES string of the molecule is O=C(NCCc1nc2ccccc2n1CC(=O)N1CCOCC1)C1CCCCC1. The van der Waals surface area contributed by atoms with Gasteiger partial charge in [-0.05, 0) is 25.0 Å². The maximum atomic E-state index is 12.8. The number of hydrogen-bond acceptors (Lipinski definition) is 4. The van der Waals surface area contributed by atoms with E-state index in [0.717, 1.165) is 42.5 Å². The van der Waals surface area contributed by atoms with Gasteiger partial charge in [-0.3, -0.25) is 9.59 Å². The van der Waals surface area contributed by atoms with Gasteiger partial charge in [0.1, 0.15) is 12.4 Å². The lowest BCUT2D eigenvalue weighted by atomic mass is 9.89. The summed E-state index contributed by atoms with van der Waals surface area (Å²) in [5.41, 5.74) is 1.85. The van der Waals surface area contributed by atoms with Crippen LogP contribution in [-0.4, -0.2) is 59.1 Å². The van der Waals surface area contributed by atoms with E-state index in [1.165, 1.54) is 6.42 Å². The van der Waals surface area contributed by atoms with Crippen molar-refractivity contribution in [3.63, 3.8) is 0 Å². The van der Waals surface area contributed by atoms with Gasteiger partial charge in [-0.2, -0.15) is 0 Å². The van der Waals surface area contributed by atoms with E-state index in [-0.39, 0.29) is 24.3 Å². The maximum Gasteiger partial charge on any atom is 0.242 e. The van der Waals surface area contributed by atoms with Crippen molar-refractivity contribution in [3.8, 4) is 0 Å². The Morgan fingerprint density at radius 3 is 2.66 bits per heavy atom. The number of imidazole rings is 1. The molecule has 2 aliphatic rings. The minimum Gasteiger partial charge on any atom is -0.378 e. The van der Waals surface area contributed by atoms with Crippen molar-refractivity contribution in [3.05, 3.63) is 30.1 Å². The summed E-state index contributed by atoms with van der Waals surface area (Å²) in [5.74, 6) is 1.25. The van der Waals surface area contributed by atoms with Gasteiger partial charge in [0.25, 0.3) is 0 Å². The molecule has 0 unspecified atom stereocenters. The highest BCUT2D eigenvalue weighted by molar-refractivity contribution is 5.81. The number of nitrogens with one attached hydrogen (secondary N) is 1. The molecule has 7 nitrogen and oxygen atoms in total.